The number of nitrogens with zero attached hydrogens (tertiary/aromatic N) is 1. The third-order valence-electron chi connectivity index (χ3n) is 3.41. The largest absolute Gasteiger partial charge is 0.381 e. The van der Waals surface area contributed by atoms with Crippen molar-refractivity contribution in [2.75, 3.05) is 19.8 Å². The van der Waals surface area contributed by atoms with Gasteiger partial charge in [-0.3, -0.25) is 9.89 Å². The summed E-state index contributed by atoms with van der Waals surface area (Å²) in [5.74, 6) is -0.306. The van der Waals surface area contributed by atoms with Gasteiger partial charge >= 0.3 is 0 Å². The first-order valence-electron chi connectivity index (χ1n) is 6.81. The van der Waals surface area contributed by atoms with E-state index in [1.807, 2.05) is 0 Å². The van der Waals surface area contributed by atoms with E-state index in [0.717, 1.165) is 19.4 Å². The maximum atomic E-state index is 12.1. The number of nitrogens with one attached hydrogen (secondary N) is 2. The number of H-pyrrole nitrogens is 1. The predicted molar refractivity (Wildman–Crippen MR) is 76.9 cm³/mol. The van der Waals surface area contributed by atoms with Crippen LogP contribution in [0.1, 0.15) is 35.9 Å². The zero-order chi connectivity index (χ0) is 15.5. The van der Waals surface area contributed by atoms with Crippen LogP contribution in [0.15, 0.2) is 4.90 Å². The van der Waals surface area contributed by atoms with Crippen molar-refractivity contribution in [2.24, 2.45) is 5.92 Å². The monoisotopic (exact) mass is 335 g/mol. The minimum absolute atomic E-state index is 0.182. The molecular formula is C12H18ClN3O4S. The Hall–Kier alpha value is -1.12. The molecule has 1 atom stereocenters. The summed E-state index contributed by atoms with van der Waals surface area (Å²) in [6.07, 6.45) is 2.32. The number of aryl methyl sites for hydroxylation is 1. The Balaban J connectivity index is 2.10. The number of aromatic amines is 1. The maximum Gasteiger partial charge on any atom is 0.273 e. The fourth-order valence-electron chi connectivity index (χ4n) is 2.31. The van der Waals surface area contributed by atoms with Gasteiger partial charge < -0.3 is 10.1 Å². The van der Waals surface area contributed by atoms with Crippen LogP contribution >= 0.6 is 10.7 Å². The van der Waals surface area contributed by atoms with Gasteiger partial charge in [0.2, 0.25) is 0 Å². The number of amides is 1. The van der Waals surface area contributed by atoms with Crippen LogP contribution in [-0.4, -0.2) is 44.3 Å². The molecule has 7 nitrogen and oxygen atoms in total. The van der Waals surface area contributed by atoms with Gasteiger partial charge in [-0.2, -0.15) is 5.10 Å². The van der Waals surface area contributed by atoms with Crippen molar-refractivity contribution < 1.29 is 17.9 Å². The fraction of sp³-hybridized carbons (Fsp3) is 0.667. The fourth-order valence-corrected chi connectivity index (χ4v) is 3.67. The van der Waals surface area contributed by atoms with Gasteiger partial charge in [0.25, 0.3) is 15.0 Å². The Labute approximate surface area is 127 Å². The number of halogens is 1. The van der Waals surface area contributed by atoms with E-state index in [1.165, 1.54) is 0 Å². The van der Waals surface area contributed by atoms with Crippen LogP contribution in [0.5, 0.6) is 0 Å². The number of carbonyl (C=O) groups is 1. The van der Waals surface area contributed by atoms with Crippen LogP contribution in [0.2, 0.25) is 0 Å². The summed E-state index contributed by atoms with van der Waals surface area (Å²) in [6.45, 7) is 3.52. The summed E-state index contributed by atoms with van der Waals surface area (Å²) in [6, 6.07) is 0. The Morgan fingerprint density at radius 1 is 1.57 bits per heavy atom. The summed E-state index contributed by atoms with van der Waals surface area (Å²) in [5, 5.41) is 9.03. The van der Waals surface area contributed by atoms with Crippen molar-refractivity contribution >= 4 is 25.6 Å². The van der Waals surface area contributed by atoms with Crippen LogP contribution < -0.4 is 5.32 Å². The Kier molecular flexibility index (Phi) is 5.23. The number of hydrogen-bond acceptors (Lipinski definition) is 5. The highest BCUT2D eigenvalue weighted by molar-refractivity contribution is 8.13. The number of carbonyl (C=O) groups excluding carboxylic acids is 1. The topological polar surface area (TPSA) is 101 Å². The van der Waals surface area contributed by atoms with E-state index in [0.29, 0.717) is 25.3 Å². The third-order valence-corrected chi connectivity index (χ3v) is 4.80. The maximum absolute atomic E-state index is 12.1. The second-order valence-electron chi connectivity index (χ2n) is 4.96. The van der Waals surface area contributed by atoms with Crippen LogP contribution in [-0.2, 0) is 20.2 Å². The van der Waals surface area contributed by atoms with Crippen LogP contribution in [0.25, 0.3) is 0 Å². The molecule has 1 fully saturated rings. The molecule has 9 heteroatoms. The molecule has 1 aliphatic rings. The number of aromatic nitrogens is 2. The summed E-state index contributed by atoms with van der Waals surface area (Å²) in [4.78, 5) is 11.9. The van der Waals surface area contributed by atoms with Gasteiger partial charge in [0.15, 0.2) is 5.69 Å². The molecule has 2 rings (SSSR count). The summed E-state index contributed by atoms with van der Waals surface area (Å²) in [7, 11) is 1.37. The summed E-state index contributed by atoms with van der Waals surface area (Å²) >= 11 is 0. The lowest BCUT2D eigenvalue weighted by Crippen LogP contribution is -2.33. The molecule has 118 valence electrons. The third kappa shape index (κ3) is 3.96. The quantitative estimate of drug-likeness (QED) is 0.783. The summed E-state index contributed by atoms with van der Waals surface area (Å²) in [5.41, 5.74) is 0.148. The molecule has 0 saturated carbocycles. The number of hydrogen-bond donors (Lipinski definition) is 2. The van der Waals surface area contributed by atoms with E-state index in [2.05, 4.69) is 15.5 Å². The van der Waals surface area contributed by atoms with Gasteiger partial charge in [-0.25, -0.2) is 8.42 Å². The first-order chi connectivity index (χ1) is 9.93. The molecule has 1 aromatic heterocycles. The van der Waals surface area contributed by atoms with Gasteiger partial charge in [0.05, 0.1) is 12.3 Å². The van der Waals surface area contributed by atoms with Gasteiger partial charge in [-0.15, -0.1) is 0 Å². The molecule has 2 N–H and O–H groups in total. The minimum Gasteiger partial charge on any atom is -0.381 e. The molecule has 1 aromatic rings. The Morgan fingerprint density at radius 3 is 2.90 bits per heavy atom. The standard InChI is InChI=1S/C12H18ClN3O4S/c1-2-9-11(21(13,18)19)10(16-15-9)12(17)14-6-8-4-3-5-20-7-8/h8H,2-7H2,1H3,(H,14,17)(H,15,16). The molecule has 0 spiro atoms. The average molecular weight is 336 g/mol. The molecule has 0 aliphatic carbocycles. The highest BCUT2D eigenvalue weighted by Gasteiger charge is 2.28. The van der Waals surface area contributed by atoms with E-state index in [9.17, 15) is 13.2 Å². The van der Waals surface area contributed by atoms with Crippen molar-refractivity contribution in [3.63, 3.8) is 0 Å². The molecule has 0 bridgehead atoms. The zero-order valence-corrected chi connectivity index (χ0v) is 13.3. The van der Waals surface area contributed by atoms with Crippen LogP contribution in [0.4, 0.5) is 0 Å². The van der Waals surface area contributed by atoms with Crippen molar-refractivity contribution in [3.05, 3.63) is 11.4 Å². The smallest absolute Gasteiger partial charge is 0.273 e. The Morgan fingerprint density at radius 2 is 2.33 bits per heavy atom. The lowest BCUT2D eigenvalue weighted by Gasteiger charge is -2.21. The van der Waals surface area contributed by atoms with E-state index < -0.39 is 15.0 Å². The number of ether oxygens (including phenoxy) is 1. The van der Waals surface area contributed by atoms with Gasteiger partial charge in [-0.05, 0) is 25.2 Å². The van der Waals surface area contributed by atoms with E-state index in [1.54, 1.807) is 6.92 Å². The van der Waals surface area contributed by atoms with Crippen molar-refractivity contribution in [2.45, 2.75) is 31.1 Å². The minimum atomic E-state index is -4.03. The van der Waals surface area contributed by atoms with E-state index >= 15 is 0 Å². The zero-order valence-electron chi connectivity index (χ0n) is 11.7. The van der Waals surface area contributed by atoms with Gasteiger partial charge in [-0.1, -0.05) is 6.92 Å². The van der Waals surface area contributed by atoms with E-state index in [4.69, 9.17) is 15.4 Å². The lowest BCUT2D eigenvalue weighted by atomic mass is 10.0. The molecule has 1 aliphatic heterocycles. The lowest BCUT2D eigenvalue weighted by molar-refractivity contribution is 0.0535. The normalized spacial score (nSPS) is 19.4. The van der Waals surface area contributed by atoms with Crippen LogP contribution in [0, 0.1) is 5.92 Å². The van der Waals surface area contributed by atoms with Crippen LogP contribution in [0.3, 0.4) is 0 Å². The molecule has 1 unspecified atom stereocenters. The SMILES string of the molecule is CCc1[nH]nc(C(=O)NCC2CCCOC2)c1S(=O)(=O)Cl. The predicted octanol–water partition coefficient (Wildman–Crippen LogP) is 1.06. The molecule has 21 heavy (non-hydrogen) atoms. The number of rotatable bonds is 5. The van der Waals surface area contributed by atoms with Crippen molar-refractivity contribution in [3.8, 4) is 0 Å². The van der Waals surface area contributed by atoms with Crippen molar-refractivity contribution in [1.82, 2.24) is 15.5 Å². The van der Waals surface area contributed by atoms with Gasteiger partial charge in [0.1, 0.15) is 4.90 Å². The molecule has 1 amide bonds. The second-order valence-corrected chi connectivity index (χ2v) is 7.47. The highest BCUT2D eigenvalue weighted by Crippen LogP contribution is 2.23. The second kappa shape index (κ2) is 6.76. The first kappa shape index (κ1) is 16.3. The van der Waals surface area contributed by atoms with Crippen molar-refractivity contribution in [1.29, 1.82) is 0 Å². The van der Waals surface area contributed by atoms with E-state index in [-0.39, 0.29) is 16.5 Å². The first-order valence-corrected chi connectivity index (χ1v) is 9.12. The average Bonchev–Trinajstić information content (AvgIpc) is 2.90. The van der Waals surface area contributed by atoms with Gasteiger partial charge in [0, 0.05) is 23.8 Å². The molecule has 1 saturated heterocycles. The highest BCUT2D eigenvalue weighted by atomic mass is 35.7. The molecular weight excluding hydrogens is 318 g/mol. The molecule has 2 heterocycles. The Bertz CT molecular complexity index is 608. The molecule has 0 aromatic carbocycles. The molecule has 0 radical (unpaired) electrons. The summed E-state index contributed by atoms with van der Waals surface area (Å²) < 4.78 is 28.6.